The van der Waals surface area contributed by atoms with E-state index in [-0.39, 0.29) is 5.91 Å². The number of rotatable bonds is 3. The molecule has 0 aromatic heterocycles. The Balaban J connectivity index is 2.39. The number of hydrogen-bond acceptors (Lipinski definition) is 3. The largest absolute Gasteiger partial charge is 0.379 e. The van der Waals surface area contributed by atoms with Gasteiger partial charge < -0.3 is 10.4 Å². The lowest BCUT2D eigenvalue weighted by Gasteiger charge is -2.19. The second-order valence-corrected chi connectivity index (χ2v) is 4.20. The first-order valence-corrected chi connectivity index (χ1v) is 5.43. The van der Waals surface area contributed by atoms with Crippen LogP contribution in [0.1, 0.15) is 19.8 Å². The molecule has 4 heteroatoms. The van der Waals surface area contributed by atoms with E-state index in [0.29, 0.717) is 18.7 Å². The zero-order chi connectivity index (χ0) is 9.03. The van der Waals surface area contributed by atoms with E-state index < -0.39 is 5.60 Å². The minimum Gasteiger partial charge on any atom is -0.379 e. The summed E-state index contributed by atoms with van der Waals surface area (Å²) in [6, 6.07) is 0. The van der Waals surface area contributed by atoms with E-state index in [4.69, 9.17) is 0 Å². The predicted octanol–water partition coefficient (Wildman–Crippen LogP) is 0.381. The normalized spacial score (nSPS) is 28.8. The molecule has 0 aromatic carbocycles. The average molecular weight is 189 g/mol. The van der Waals surface area contributed by atoms with Crippen LogP contribution in [0.5, 0.6) is 0 Å². The van der Waals surface area contributed by atoms with Crippen LogP contribution < -0.4 is 5.32 Å². The first-order chi connectivity index (χ1) is 5.69. The van der Waals surface area contributed by atoms with Crippen molar-refractivity contribution in [3.63, 3.8) is 0 Å². The molecule has 2 N–H and O–H groups in total. The lowest BCUT2D eigenvalue weighted by atomic mass is 10.0. The number of thioether (sulfide) groups is 1. The van der Waals surface area contributed by atoms with Crippen molar-refractivity contribution >= 4 is 17.7 Å². The highest BCUT2D eigenvalue weighted by molar-refractivity contribution is 7.99. The Morgan fingerprint density at radius 3 is 3.00 bits per heavy atom. The van der Waals surface area contributed by atoms with Crippen molar-refractivity contribution in [3.05, 3.63) is 0 Å². The molecule has 1 rings (SSSR count). The van der Waals surface area contributed by atoms with Gasteiger partial charge in [-0.1, -0.05) is 6.92 Å². The minimum absolute atomic E-state index is 0.200. The molecule has 1 heterocycles. The van der Waals surface area contributed by atoms with Gasteiger partial charge in [-0.3, -0.25) is 4.79 Å². The van der Waals surface area contributed by atoms with Gasteiger partial charge in [-0.25, -0.2) is 0 Å². The first kappa shape index (κ1) is 9.86. The summed E-state index contributed by atoms with van der Waals surface area (Å²) in [5.41, 5.74) is -1.08. The summed E-state index contributed by atoms with van der Waals surface area (Å²) >= 11 is 1.63. The Hall–Kier alpha value is -0.220. The molecule has 0 aliphatic carbocycles. The molecule has 1 amide bonds. The third kappa shape index (κ3) is 2.14. The first-order valence-electron chi connectivity index (χ1n) is 4.27. The summed E-state index contributed by atoms with van der Waals surface area (Å²) in [6.07, 6.45) is 1.50. The van der Waals surface area contributed by atoms with Crippen molar-refractivity contribution in [3.8, 4) is 0 Å². The molecule has 1 unspecified atom stereocenters. The van der Waals surface area contributed by atoms with Crippen LogP contribution in [0.3, 0.4) is 0 Å². The Labute approximate surface area is 76.9 Å². The second kappa shape index (κ2) is 4.14. The van der Waals surface area contributed by atoms with Crippen LogP contribution in [0.15, 0.2) is 0 Å². The zero-order valence-corrected chi connectivity index (χ0v) is 8.12. The van der Waals surface area contributed by atoms with E-state index in [1.165, 1.54) is 0 Å². The molecule has 1 atom stereocenters. The molecule has 1 fully saturated rings. The molecule has 1 aliphatic heterocycles. The molecule has 0 saturated carbocycles. The number of carbonyl (C=O) groups excluding carboxylic acids is 1. The van der Waals surface area contributed by atoms with Crippen LogP contribution in [0.25, 0.3) is 0 Å². The fourth-order valence-electron chi connectivity index (χ4n) is 1.14. The standard InChI is InChI=1S/C8H15NO2S/c1-2-4-9-7(10)8(11)3-5-12-6-8/h11H,2-6H2,1H3,(H,9,10). The van der Waals surface area contributed by atoms with E-state index in [0.717, 1.165) is 12.2 Å². The lowest BCUT2D eigenvalue weighted by Crippen LogP contribution is -2.47. The lowest BCUT2D eigenvalue weighted by molar-refractivity contribution is -0.137. The van der Waals surface area contributed by atoms with Gasteiger partial charge in [0, 0.05) is 12.3 Å². The highest BCUT2D eigenvalue weighted by Gasteiger charge is 2.38. The average Bonchev–Trinajstić information content (AvgIpc) is 2.49. The summed E-state index contributed by atoms with van der Waals surface area (Å²) < 4.78 is 0. The molecule has 0 bridgehead atoms. The Kier molecular flexibility index (Phi) is 3.40. The van der Waals surface area contributed by atoms with Crippen molar-refractivity contribution in [2.45, 2.75) is 25.4 Å². The maximum Gasteiger partial charge on any atom is 0.252 e. The topological polar surface area (TPSA) is 49.3 Å². The van der Waals surface area contributed by atoms with Crippen LogP contribution in [0, 0.1) is 0 Å². The molecule has 3 nitrogen and oxygen atoms in total. The summed E-state index contributed by atoms with van der Waals surface area (Å²) in [5, 5.41) is 12.5. The van der Waals surface area contributed by atoms with Crippen molar-refractivity contribution in [1.82, 2.24) is 5.32 Å². The number of aliphatic hydroxyl groups is 1. The number of hydrogen-bond donors (Lipinski definition) is 2. The van der Waals surface area contributed by atoms with Crippen molar-refractivity contribution in [2.75, 3.05) is 18.1 Å². The van der Waals surface area contributed by atoms with Gasteiger partial charge in [-0.2, -0.15) is 11.8 Å². The van der Waals surface area contributed by atoms with Crippen LogP contribution in [-0.4, -0.2) is 34.7 Å². The Bertz CT molecular complexity index is 166. The van der Waals surface area contributed by atoms with Gasteiger partial charge >= 0.3 is 0 Å². The summed E-state index contributed by atoms with van der Waals surface area (Å²) in [6.45, 7) is 2.65. The van der Waals surface area contributed by atoms with E-state index >= 15 is 0 Å². The molecular formula is C8H15NO2S. The quantitative estimate of drug-likeness (QED) is 0.675. The molecular weight excluding hydrogens is 174 g/mol. The second-order valence-electron chi connectivity index (χ2n) is 3.09. The molecule has 0 aromatic rings. The van der Waals surface area contributed by atoms with Crippen molar-refractivity contribution in [2.24, 2.45) is 0 Å². The number of nitrogens with one attached hydrogen (secondary N) is 1. The maximum atomic E-state index is 11.4. The third-order valence-corrected chi connectivity index (χ3v) is 3.13. The van der Waals surface area contributed by atoms with Gasteiger partial charge in [-0.15, -0.1) is 0 Å². The van der Waals surface area contributed by atoms with E-state index in [1.54, 1.807) is 11.8 Å². The molecule has 1 aliphatic rings. The van der Waals surface area contributed by atoms with E-state index in [2.05, 4.69) is 5.32 Å². The van der Waals surface area contributed by atoms with E-state index in [1.807, 2.05) is 6.92 Å². The zero-order valence-electron chi connectivity index (χ0n) is 7.30. The molecule has 0 spiro atoms. The van der Waals surface area contributed by atoms with Crippen molar-refractivity contribution in [1.29, 1.82) is 0 Å². The monoisotopic (exact) mass is 189 g/mol. The fourth-order valence-corrected chi connectivity index (χ4v) is 2.38. The fraction of sp³-hybridized carbons (Fsp3) is 0.875. The van der Waals surface area contributed by atoms with Gasteiger partial charge in [0.1, 0.15) is 0 Å². The molecule has 12 heavy (non-hydrogen) atoms. The smallest absolute Gasteiger partial charge is 0.252 e. The van der Waals surface area contributed by atoms with Gasteiger partial charge in [0.2, 0.25) is 0 Å². The van der Waals surface area contributed by atoms with Gasteiger partial charge in [-0.05, 0) is 18.6 Å². The maximum absolute atomic E-state index is 11.4. The van der Waals surface area contributed by atoms with Crippen LogP contribution in [0.4, 0.5) is 0 Å². The number of carbonyl (C=O) groups is 1. The van der Waals surface area contributed by atoms with E-state index in [9.17, 15) is 9.90 Å². The van der Waals surface area contributed by atoms with Gasteiger partial charge in [0.15, 0.2) is 5.60 Å². The van der Waals surface area contributed by atoms with Crippen LogP contribution in [0.2, 0.25) is 0 Å². The van der Waals surface area contributed by atoms with Gasteiger partial charge in [0.05, 0.1) is 0 Å². The highest BCUT2D eigenvalue weighted by Crippen LogP contribution is 2.27. The summed E-state index contributed by atoms with van der Waals surface area (Å²) in [5.74, 6) is 1.23. The summed E-state index contributed by atoms with van der Waals surface area (Å²) in [7, 11) is 0. The SMILES string of the molecule is CCCNC(=O)C1(O)CCSC1. The predicted molar refractivity (Wildman–Crippen MR) is 50.2 cm³/mol. The Morgan fingerprint density at radius 1 is 1.75 bits per heavy atom. The summed E-state index contributed by atoms with van der Waals surface area (Å²) in [4.78, 5) is 11.4. The van der Waals surface area contributed by atoms with Crippen LogP contribution in [-0.2, 0) is 4.79 Å². The molecule has 70 valence electrons. The highest BCUT2D eigenvalue weighted by atomic mass is 32.2. The third-order valence-electron chi connectivity index (χ3n) is 1.96. The Morgan fingerprint density at radius 2 is 2.50 bits per heavy atom. The van der Waals surface area contributed by atoms with Crippen molar-refractivity contribution < 1.29 is 9.90 Å². The molecule has 0 radical (unpaired) electrons. The van der Waals surface area contributed by atoms with Gasteiger partial charge in [0.25, 0.3) is 5.91 Å². The minimum atomic E-state index is -1.08. The number of amides is 1. The van der Waals surface area contributed by atoms with Crippen LogP contribution >= 0.6 is 11.8 Å². The molecule has 1 saturated heterocycles.